The Kier molecular flexibility index (Phi) is 6.56. The number of nitrogens with zero attached hydrogens (tertiary/aromatic N) is 2. The zero-order chi connectivity index (χ0) is 25.9. The number of benzene rings is 3. The second-order valence-electron chi connectivity index (χ2n) is 9.07. The van der Waals surface area contributed by atoms with Crippen molar-refractivity contribution in [2.75, 3.05) is 0 Å². The number of hydrogen-bond donors (Lipinski definition) is 1. The Morgan fingerprint density at radius 2 is 1.68 bits per heavy atom. The molecule has 1 fully saturated rings. The van der Waals surface area contributed by atoms with Gasteiger partial charge in [-0.25, -0.2) is 0 Å². The van der Waals surface area contributed by atoms with Crippen LogP contribution in [0, 0.1) is 13.8 Å². The molecule has 4 aromatic rings. The predicted molar refractivity (Wildman–Crippen MR) is 141 cm³/mol. The van der Waals surface area contributed by atoms with Crippen molar-refractivity contribution in [1.82, 2.24) is 9.88 Å². The van der Waals surface area contributed by atoms with Crippen molar-refractivity contribution < 1.29 is 19.4 Å². The van der Waals surface area contributed by atoms with Crippen LogP contribution in [0.25, 0.3) is 5.76 Å². The quantitative estimate of drug-likeness (QED) is 0.200. The summed E-state index contributed by atoms with van der Waals surface area (Å²) in [5.74, 6) is -0.372. The minimum Gasteiger partial charge on any atom is -0.507 e. The van der Waals surface area contributed by atoms with Crippen molar-refractivity contribution in [3.63, 3.8) is 0 Å². The fourth-order valence-corrected chi connectivity index (χ4v) is 4.49. The van der Waals surface area contributed by atoms with Crippen LogP contribution in [0.4, 0.5) is 0 Å². The van der Waals surface area contributed by atoms with E-state index in [0.29, 0.717) is 22.6 Å². The van der Waals surface area contributed by atoms with Gasteiger partial charge in [0.2, 0.25) is 0 Å². The van der Waals surface area contributed by atoms with Gasteiger partial charge in [0.15, 0.2) is 0 Å². The topological polar surface area (TPSA) is 79.7 Å². The molecular formula is C31H26N2O4. The molecular weight excluding hydrogens is 464 g/mol. The number of ether oxygens (including phenoxy) is 1. The van der Waals surface area contributed by atoms with Crippen LogP contribution < -0.4 is 4.74 Å². The van der Waals surface area contributed by atoms with Crippen LogP contribution in [0.2, 0.25) is 0 Å². The predicted octanol–water partition coefficient (Wildman–Crippen LogP) is 6.11. The summed E-state index contributed by atoms with van der Waals surface area (Å²) >= 11 is 0. The number of aromatic nitrogens is 1. The maximum absolute atomic E-state index is 13.4. The van der Waals surface area contributed by atoms with Crippen molar-refractivity contribution in [2.45, 2.75) is 26.4 Å². The van der Waals surface area contributed by atoms with Gasteiger partial charge < -0.3 is 14.7 Å². The summed E-state index contributed by atoms with van der Waals surface area (Å²) in [6, 6.07) is 24.9. The zero-order valence-electron chi connectivity index (χ0n) is 20.6. The lowest BCUT2D eigenvalue weighted by atomic mass is 9.94. The third-order valence-electron chi connectivity index (χ3n) is 6.55. The average Bonchev–Trinajstić information content (AvgIpc) is 3.16. The number of pyridine rings is 1. The molecule has 6 heteroatoms. The molecule has 1 saturated heterocycles. The first-order valence-corrected chi connectivity index (χ1v) is 12.0. The number of ketones is 1. The highest BCUT2D eigenvalue weighted by atomic mass is 16.5. The largest absolute Gasteiger partial charge is 0.507 e. The van der Waals surface area contributed by atoms with Crippen molar-refractivity contribution in [1.29, 1.82) is 0 Å². The Hall–Kier alpha value is -4.71. The summed E-state index contributed by atoms with van der Waals surface area (Å²) in [6.07, 6.45) is 3.31. The van der Waals surface area contributed by atoms with E-state index in [1.807, 2.05) is 80.6 Å². The first-order valence-electron chi connectivity index (χ1n) is 12.0. The Balaban J connectivity index is 1.62. The molecule has 0 bridgehead atoms. The lowest BCUT2D eigenvalue weighted by Crippen LogP contribution is -2.29. The van der Waals surface area contributed by atoms with Crippen LogP contribution in [-0.2, 0) is 16.1 Å². The highest BCUT2D eigenvalue weighted by Crippen LogP contribution is 2.41. The van der Waals surface area contributed by atoms with Crippen LogP contribution in [0.1, 0.15) is 33.9 Å². The normalized spacial score (nSPS) is 16.7. The number of likely N-dealkylation sites (tertiary alicyclic amines) is 1. The fraction of sp³-hybridized carbons (Fsp3) is 0.129. The van der Waals surface area contributed by atoms with Crippen molar-refractivity contribution in [2.24, 2.45) is 0 Å². The molecule has 3 aromatic carbocycles. The van der Waals surface area contributed by atoms with Gasteiger partial charge in [0.1, 0.15) is 17.3 Å². The third kappa shape index (κ3) is 4.86. The first-order chi connectivity index (χ1) is 17.9. The smallest absolute Gasteiger partial charge is 0.295 e. The van der Waals surface area contributed by atoms with Gasteiger partial charge in [0, 0.05) is 24.5 Å². The molecule has 1 aliphatic rings. The minimum absolute atomic E-state index is 0.0500. The van der Waals surface area contributed by atoms with Gasteiger partial charge in [0.25, 0.3) is 11.7 Å². The Morgan fingerprint density at radius 1 is 0.892 bits per heavy atom. The lowest BCUT2D eigenvalue weighted by Gasteiger charge is -2.25. The number of para-hydroxylation sites is 1. The summed E-state index contributed by atoms with van der Waals surface area (Å²) in [4.78, 5) is 32.3. The molecule has 1 aliphatic heterocycles. The average molecular weight is 491 g/mol. The molecule has 0 saturated carbocycles. The Morgan fingerprint density at radius 3 is 2.41 bits per heavy atom. The summed E-state index contributed by atoms with van der Waals surface area (Å²) in [5.41, 5.74) is 4.01. The number of rotatable bonds is 6. The molecule has 184 valence electrons. The lowest BCUT2D eigenvalue weighted by molar-refractivity contribution is -0.140. The van der Waals surface area contributed by atoms with Crippen LogP contribution in [-0.4, -0.2) is 26.7 Å². The van der Waals surface area contributed by atoms with Crippen LogP contribution in [0.3, 0.4) is 0 Å². The van der Waals surface area contributed by atoms with Crippen molar-refractivity contribution in [3.8, 4) is 11.5 Å². The molecule has 1 amide bonds. The van der Waals surface area contributed by atoms with Crippen LogP contribution in [0.5, 0.6) is 11.5 Å². The van der Waals surface area contributed by atoms with Crippen LogP contribution in [0.15, 0.2) is 103 Å². The molecule has 0 spiro atoms. The molecule has 0 radical (unpaired) electrons. The van der Waals surface area contributed by atoms with Crippen molar-refractivity contribution >= 4 is 17.4 Å². The maximum atomic E-state index is 13.4. The SMILES string of the molecule is Cc1ccc(/C(O)=C2/C(=O)C(=O)N(Cc3cccnc3)C2c2cccc(Oc3ccccc3)c2)cc1C. The number of Topliss-reactive ketones (excluding diaryl/α,β-unsaturated/α-hetero) is 1. The summed E-state index contributed by atoms with van der Waals surface area (Å²) < 4.78 is 6.02. The molecule has 37 heavy (non-hydrogen) atoms. The highest BCUT2D eigenvalue weighted by molar-refractivity contribution is 6.46. The standard InChI is InChI=1S/C31H26N2O4/c1-20-13-14-24(16-21(20)2)29(34)27-28(33(31(36)30(27)35)19-22-8-7-15-32-18-22)23-9-6-12-26(17-23)37-25-10-4-3-5-11-25/h3-18,28,34H,19H2,1-2H3/b29-27-. The van der Waals surface area contributed by atoms with Gasteiger partial charge in [0.05, 0.1) is 11.6 Å². The highest BCUT2D eigenvalue weighted by Gasteiger charge is 2.46. The Labute approximate surface area is 215 Å². The second kappa shape index (κ2) is 10.1. The molecule has 2 heterocycles. The van der Waals surface area contributed by atoms with Gasteiger partial charge in [-0.05, 0) is 72.5 Å². The van der Waals surface area contributed by atoms with Gasteiger partial charge in [-0.15, -0.1) is 0 Å². The van der Waals surface area contributed by atoms with E-state index >= 15 is 0 Å². The van der Waals surface area contributed by atoms with Gasteiger partial charge in [-0.3, -0.25) is 14.6 Å². The molecule has 5 rings (SSSR count). The summed E-state index contributed by atoms with van der Waals surface area (Å²) in [7, 11) is 0. The minimum atomic E-state index is -0.805. The number of amides is 1. The van der Waals surface area contributed by atoms with E-state index in [9.17, 15) is 14.7 Å². The van der Waals surface area contributed by atoms with Gasteiger partial charge in [-0.1, -0.05) is 48.5 Å². The second-order valence-corrected chi connectivity index (χ2v) is 9.07. The molecule has 1 N–H and O–H groups in total. The summed E-state index contributed by atoms with van der Waals surface area (Å²) in [6.45, 7) is 4.08. The van der Waals surface area contributed by atoms with E-state index in [1.165, 1.54) is 4.90 Å². The molecule has 6 nitrogen and oxygen atoms in total. The Bertz CT molecular complexity index is 1500. The first kappa shape index (κ1) is 24.0. The number of aliphatic hydroxyl groups is 1. The van der Waals surface area contributed by atoms with E-state index < -0.39 is 17.7 Å². The van der Waals surface area contributed by atoms with Crippen LogP contribution >= 0.6 is 0 Å². The number of aryl methyl sites for hydroxylation is 2. The molecule has 1 unspecified atom stereocenters. The summed E-state index contributed by atoms with van der Waals surface area (Å²) in [5, 5.41) is 11.4. The van der Waals surface area contributed by atoms with Gasteiger partial charge in [-0.2, -0.15) is 0 Å². The number of carbonyl (C=O) groups excluding carboxylic acids is 2. The molecule has 1 atom stereocenters. The van der Waals surface area contributed by atoms with E-state index in [0.717, 1.165) is 16.7 Å². The number of hydrogen-bond acceptors (Lipinski definition) is 5. The fourth-order valence-electron chi connectivity index (χ4n) is 4.49. The molecule has 1 aromatic heterocycles. The maximum Gasteiger partial charge on any atom is 0.295 e. The van der Waals surface area contributed by atoms with E-state index in [-0.39, 0.29) is 17.9 Å². The zero-order valence-corrected chi connectivity index (χ0v) is 20.6. The van der Waals surface area contributed by atoms with E-state index in [4.69, 9.17) is 4.74 Å². The van der Waals surface area contributed by atoms with Gasteiger partial charge >= 0.3 is 0 Å². The third-order valence-corrected chi connectivity index (χ3v) is 6.55. The molecule has 0 aliphatic carbocycles. The van der Waals surface area contributed by atoms with E-state index in [1.54, 1.807) is 30.6 Å². The van der Waals surface area contributed by atoms with E-state index in [2.05, 4.69) is 4.98 Å². The number of carbonyl (C=O) groups is 2. The van der Waals surface area contributed by atoms with Crippen molar-refractivity contribution in [3.05, 3.63) is 131 Å². The monoisotopic (exact) mass is 490 g/mol. The number of aliphatic hydroxyl groups excluding tert-OH is 1.